The molecule has 12 heteroatoms. The number of esters is 3. The molecule has 12 aliphatic rings. The molecule has 0 heterocycles. The lowest BCUT2D eigenvalue weighted by molar-refractivity contribution is -0.163. The van der Waals surface area contributed by atoms with Crippen molar-refractivity contribution in [1.29, 1.82) is 0 Å². The summed E-state index contributed by atoms with van der Waals surface area (Å²) in [6.45, 7) is 37.9. The minimum atomic E-state index is -0.151. The summed E-state index contributed by atoms with van der Waals surface area (Å²) in [4.78, 5) is 38.4. The van der Waals surface area contributed by atoms with Crippen molar-refractivity contribution in [3.05, 3.63) is 71.3 Å². The lowest BCUT2D eigenvalue weighted by Gasteiger charge is -2.61. The molecule has 0 aliphatic heterocycles. The van der Waals surface area contributed by atoms with E-state index in [0.29, 0.717) is 104 Å². The van der Waals surface area contributed by atoms with Crippen LogP contribution in [0.5, 0.6) is 0 Å². The van der Waals surface area contributed by atoms with E-state index in [1.165, 1.54) is 193 Å². The number of carbonyl (C=O) groups is 3. The first-order chi connectivity index (χ1) is 57.0. The largest absolute Gasteiger partial charge is 0.462 e. The SMILES string of the molecule is CC(C)CCCC(C)C1CCC2C3CCC4CC(OC(=O)CCCc5ccc(N)cc5N)CCC4(C)C3CCC12C.CC(C)CCCC(C)C1CCC2C3CCC4CC(OC(=O)CCc5ccc(N)cc5N)CCC4(C)C3CCC12C.CC(C)CCCC(C)C1CCC2C3CCC4CC(OC(=O)Cc5ccc(N)cc5N)CCC4(C)C3CCC12C. The monoisotopic (exact) mass is 1650 g/mol. The van der Waals surface area contributed by atoms with Gasteiger partial charge >= 0.3 is 17.9 Å². The molecule has 12 aliphatic carbocycles. The van der Waals surface area contributed by atoms with Crippen LogP contribution in [0.25, 0.3) is 0 Å². The number of anilines is 6. The minimum absolute atomic E-state index is 0.0331. The van der Waals surface area contributed by atoms with Crippen molar-refractivity contribution in [1.82, 2.24) is 0 Å². The number of carbonyl (C=O) groups excluding carboxylic acids is 3. The van der Waals surface area contributed by atoms with Crippen molar-refractivity contribution in [2.75, 3.05) is 34.4 Å². The van der Waals surface area contributed by atoms with E-state index in [4.69, 9.17) is 48.6 Å². The summed E-state index contributed by atoms with van der Waals surface area (Å²) in [5.41, 5.74) is 45.4. The summed E-state index contributed by atoms with van der Waals surface area (Å²) in [6.07, 6.45) is 51.6. The van der Waals surface area contributed by atoms with Crippen molar-refractivity contribution in [2.45, 2.75) is 392 Å². The van der Waals surface area contributed by atoms with Crippen molar-refractivity contribution < 1.29 is 28.6 Å². The molecule has 0 aromatic heterocycles. The fraction of sp³-hybridized carbons (Fsp3) is 0.806. The first-order valence-corrected chi connectivity index (χ1v) is 50.5. The molecule has 672 valence electrons. The van der Waals surface area contributed by atoms with E-state index in [2.05, 4.69) is 104 Å². The van der Waals surface area contributed by atoms with Gasteiger partial charge in [-0.3, -0.25) is 14.4 Å². The molecule has 15 rings (SSSR count). The molecule has 0 spiro atoms. The third-order valence-electron chi connectivity index (χ3n) is 38.6. The highest BCUT2D eigenvalue weighted by atomic mass is 16.6. The number of rotatable bonds is 27. The van der Waals surface area contributed by atoms with Gasteiger partial charge in [0.05, 0.1) is 6.42 Å². The highest BCUT2D eigenvalue weighted by Gasteiger charge is 2.65. The summed E-state index contributed by atoms with van der Waals surface area (Å²) >= 11 is 0. The second-order valence-electron chi connectivity index (χ2n) is 46.6. The summed E-state index contributed by atoms with van der Waals surface area (Å²) in [7, 11) is 0. The quantitative estimate of drug-likeness (QED) is 0.0238. The zero-order valence-corrected chi connectivity index (χ0v) is 78.7. The van der Waals surface area contributed by atoms with Crippen LogP contribution >= 0.6 is 0 Å². The van der Waals surface area contributed by atoms with Crippen molar-refractivity contribution in [3.63, 3.8) is 0 Å². The van der Waals surface area contributed by atoms with E-state index in [9.17, 15) is 14.4 Å². The predicted octanol–water partition coefficient (Wildman–Crippen LogP) is 26.5. The van der Waals surface area contributed by atoms with E-state index in [0.717, 1.165) is 175 Å². The third kappa shape index (κ3) is 20.1. The highest BCUT2D eigenvalue weighted by Crippen LogP contribution is 2.73. The van der Waals surface area contributed by atoms with Gasteiger partial charge < -0.3 is 48.6 Å². The van der Waals surface area contributed by atoms with Crippen LogP contribution < -0.4 is 34.4 Å². The normalized spacial score (nSPS) is 37.9. The van der Waals surface area contributed by atoms with Gasteiger partial charge in [-0.2, -0.15) is 0 Å². The maximum Gasteiger partial charge on any atom is 0.310 e. The fourth-order valence-electron chi connectivity index (χ4n) is 32.0. The van der Waals surface area contributed by atoms with Gasteiger partial charge in [-0.25, -0.2) is 0 Å². The summed E-state index contributed by atoms with van der Waals surface area (Å²) in [5.74, 6) is 17.8. The van der Waals surface area contributed by atoms with E-state index >= 15 is 0 Å². The van der Waals surface area contributed by atoms with Gasteiger partial charge in [0.15, 0.2) is 0 Å². The molecule has 27 atom stereocenters. The number of nitrogens with two attached hydrogens (primary N) is 6. The van der Waals surface area contributed by atoms with Crippen LogP contribution in [-0.4, -0.2) is 36.2 Å². The molecular weight excluding hydrogens is 1480 g/mol. The average molecular weight is 1650 g/mol. The molecule has 120 heavy (non-hydrogen) atoms. The van der Waals surface area contributed by atoms with Gasteiger partial charge in [0.25, 0.3) is 0 Å². The molecule has 27 unspecified atom stereocenters. The minimum Gasteiger partial charge on any atom is -0.462 e. The number of benzene rings is 3. The van der Waals surface area contributed by atoms with Crippen molar-refractivity contribution >= 4 is 52.0 Å². The van der Waals surface area contributed by atoms with E-state index in [-0.39, 0.29) is 42.6 Å². The van der Waals surface area contributed by atoms with Crippen LogP contribution in [0.4, 0.5) is 34.1 Å². The molecule has 12 saturated carbocycles. The fourth-order valence-corrected chi connectivity index (χ4v) is 32.0. The van der Waals surface area contributed by atoms with Crippen molar-refractivity contribution in [2.24, 2.45) is 157 Å². The lowest BCUT2D eigenvalue weighted by atomic mass is 9.44. The van der Waals surface area contributed by atoms with Crippen LogP contribution in [0.1, 0.15) is 371 Å². The van der Waals surface area contributed by atoms with Gasteiger partial charge in [-0.1, -0.05) is 180 Å². The van der Waals surface area contributed by atoms with Crippen molar-refractivity contribution in [3.8, 4) is 0 Å². The Morgan fingerprint density at radius 3 is 0.958 bits per heavy atom. The molecule has 0 amide bonds. The number of hydrogen-bond donors (Lipinski definition) is 6. The second-order valence-corrected chi connectivity index (χ2v) is 46.6. The van der Waals surface area contributed by atoms with Crippen LogP contribution in [0.3, 0.4) is 0 Å². The Morgan fingerprint density at radius 2 is 0.625 bits per heavy atom. The number of aryl methyl sites for hydroxylation is 2. The Bertz CT molecular complexity index is 3890. The summed E-state index contributed by atoms with van der Waals surface area (Å²) < 4.78 is 18.2. The highest BCUT2D eigenvalue weighted by molar-refractivity contribution is 5.76. The first kappa shape index (κ1) is 92.5. The molecule has 3 aromatic carbocycles. The molecule has 12 nitrogen and oxygen atoms in total. The second kappa shape index (κ2) is 39.0. The lowest BCUT2D eigenvalue weighted by Crippen LogP contribution is -2.54. The Labute approximate surface area is 730 Å². The Balaban J connectivity index is 0.000000156. The van der Waals surface area contributed by atoms with Gasteiger partial charge in [0, 0.05) is 47.0 Å². The average Bonchev–Trinajstić information content (AvgIpc) is 1.44. The standard InChI is InChI=1S/C37H60N2O2.C36H58N2O2.C35H56N2O2/c1-24(2)8-6-9-25(3)31-16-17-32-30-15-13-27-22-29(18-20-36(27,4)33(30)19-21-37(31,32)5)41-35(40)11-7-10-26-12-14-28(38)23-34(26)39;1-23(2)7-6-8-24(3)30-14-15-31-29-13-11-26-21-28(17-19-35(26,4)32(29)18-20-36(30,31)5)40-34(39)16-10-25-9-12-27(37)22-33(25)38;1-22(2)7-6-8-23(3)29-13-14-30-28-12-10-25-20-27(15-17-34(25,4)31(28)16-18-35(29,30)5)39-33(38)19-24-9-11-26(36)21-32(24)37/h12,14,23-25,27,29-33H,6-11,13,15-22,38-39H2,1-5H3;9,12,22-24,26,28-32H,6-8,10-11,13-21,37-38H2,1-5H3;9,11,21-23,25,27-31H,6-8,10,12-20,36-37H2,1-5H3. The van der Waals surface area contributed by atoms with E-state index < -0.39 is 0 Å². The number of hydrogen-bond acceptors (Lipinski definition) is 12. The maximum absolute atomic E-state index is 12.8. The molecule has 12 fully saturated rings. The van der Waals surface area contributed by atoms with Gasteiger partial charge in [0.2, 0.25) is 0 Å². The zero-order valence-electron chi connectivity index (χ0n) is 78.7. The van der Waals surface area contributed by atoms with Crippen LogP contribution in [0.15, 0.2) is 54.6 Å². The molecule has 0 radical (unpaired) electrons. The molecule has 0 bridgehead atoms. The third-order valence-corrected chi connectivity index (χ3v) is 38.6. The molecule has 3 aromatic rings. The summed E-state index contributed by atoms with van der Waals surface area (Å²) in [5, 5.41) is 0. The van der Waals surface area contributed by atoms with Crippen LogP contribution in [0, 0.1) is 157 Å². The van der Waals surface area contributed by atoms with E-state index in [1.54, 1.807) is 24.3 Å². The van der Waals surface area contributed by atoms with E-state index in [1.807, 2.05) is 30.3 Å². The first-order valence-electron chi connectivity index (χ1n) is 50.5. The topological polar surface area (TPSA) is 235 Å². The Morgan fingerprint density at radius 1 is 0.325 bits per heavy atom. The van der Waals surface area contributed by atoms with Crippen LogP contribution in [-0.2, 0) is 47.9 Å². The molecule has 0 saturated heterocycles. The maximum atomic E-state index is 12.8. The molecule has 12 N–H and O–H groups in total. The Kier molecular flexibility index (Phi) is 30.1. The predicted molar refractivity (Wildman–Crippen MR) is 500 cm³/mol. The number of fused-ring (bicyclic) bond motifs is 15. The zero-order chi connectivity index (χ0) is 86.0. The van der Waals surface area contributed by atoms with Crippen LogP contribution in [0.2, 0.25) is 0 Å². The van der Waals surface area contributed by atoms with Gasteiger partial charge in [-0.15, -0.1) is 0 Å². The van der Waals surface area contributed by atoms with Gasteiger partial charge in [0.1, 0.15) is 18.3 Å². The van der Waals surface area contributed by atoms with Gasteiger partial charge in [-0.05, 0) is 402 Å². The summed E-state index contributed by atoms with van der Waals surface area (Å²) in [6, 6.07) is 16.6. The smallest absolute Gasteiger partial charge is 0.310 e. The number of nitrogen functional groups attached to an aromatic ring is 6. The Hall–Kier alpha value is -5.13. The number of ether oxygens (including phenoxy) is 3. The molecular formula is C108H174N6O6.